The third kappa shape index (κ3) is 3.75. The summed E-state index contributed by atoms with van der Waals surface area (Å²) in [7, 11) is 0. The van der Waals surface area contributed by atoms with Crippen LogP contribution in [0.2, 0.25) is 0 Å². The van der Waals surface area contributed by atoms with Crippen LogP contribution in [0, 0.1) is 17.2 Å². The summed E-state index contributed by atoms with van der Waals surface area (Å²) in [6, 6.07) is 8.55. The van der Waals surface area contributed by atoms with Crippen LogP contribution < -0.4 is 4.74 Å². The molecule has 170 valence electrons. The Kier molecular flexibility index (Phi) is 5.58. The standard InChI is InChI=1S/C25H31N3O4/c26-15-20-16-32-22-7-6-19(14-21(20)22)17-2-4-18(5-3-17)23(29)27-10-12-28(13-11-27)24(30)25(31)8-1-9-25/h6-7,14,17-18,20,31H,1-5,8-13,16H2. The number of nitriles is 1. The van der Waals surface area contributed by atoms with E-state index in [2.05, 4.69) is 18.2 Å². The fourth-order valence-electron chi connectivity index (χ4n) is 5.68. The highest BCUT2D eigenvalue weighted by atomic mass is 16.5. The molecule has 1 unspecified atom stereocenters. The third-order valence-electron chi connectivity index (χ3n) is 7.98. The van der Waals surface area contributed by atoms with Gasteiger partial charge in [0.1, 0.15) is 23.9 Å². The molecule has 1 aromatic rings. The zero-order valence-electron chi connectivity index (χ0n) is 18.5. The number of ether oxygens (including phenoxy) is 1. The fraction of sp³-hybridized carbons (Fsp3) is 0.640. The molecule has 4 aliphatic rings. The number of hydrogen-bond acceptors (Lipinski definition) is 5. The molecule has 1 N–H and O–H groups in total. The van der Waals surface area contributed by atoms with Gasteiger partial charge < -0.3 is 19.6 Å². The predicted octanol–water partition coefficient (Wildman–Crippen LogP) is 2.55. The Morgan fingerprint density at radius 3 is 2.38 bits per heavy atom. The average Bonchev–Trinajstić information content (AvgIpc) is 3.24. The highest BCUT2D eigenvalue weighted by molar-refractivity contribution is 5.86. The number of hydrogen-bond donors (Lipinski definition) is 1. The number of nitrogens with zero attached hydrogens (tertiary/aromatic N) is 3. The molecule has 2 amide bonds. The summed E-state index contributed by atoms with van der Waals surface area (Å²) in [5.74, 6) is 1.17. The van der Waals surface area contributed by atoms with E-state index in [1.165, 1.54) is 5.56 Å². The Labute approximate surface area is 188 Å². The summed E-state index contributed by atoms with van der Waals surface area (Å²) in [4.78, 5) is 29.2. The van der Waals surface area contributed by atoms with Crippen molar-refractivity contribution in [1.82, 2.24) is 9.80 Å². The van der Waals surface area contributed by atoms with Crippen molar-refractivity contribution in [2.24, 2.45) is 5.92 Å². The van der Waals surface area contributed by atoms with Crippen molar-refractivity contribution in [2.75, 3.05) is 32.8 Å². The molecule has 0 spiro atoms. The van der Waals surface area contributed by atoms with Crippen LogP contribution in [0.3, 0.4) is 0 Å². The van der Waals surface area contributed by atoms with Gasteiger partial charge >= 0.3 is 0 Å². The maximum absolute atomic E-state index is 13.1. The molecule has 1 saturated heterocycles. The van der Waals surface area contributed by atoms with Crippen molar-refractivity contribution in [3.63, 3.8) is 0 Å². The van der Waals surface area contributed by atoms with E-state index < -0.39 is 5.60 Å². The van der Waals surface area contributed by atoms with Gasteiger partial charge in [0.15, 0.2) is 0 Å². The van der Waals surface area contributed by atoms with Gasteiger partial charge in [-0.05, 0) is 62.5 Å². The van der Waals surface area contributed by atoms with Crippen LogP contribution in [-0.4, -0.2) is 65.1 Å². The van der Waals surface area contributed by atoms with Crippen LogP contribution in [0.15, 0.2) is 18.2 Å². The molecule has 2 aliphatic heterocycles. The average molecular weight is 438 g/mol. The topological polar surface area (TPSA) is 93.9 Å². The van der Waals surface area contributed by atoms with Crippen LogP contribution >= 0.6 is 0 Å². The highest BCUT2D eigenvalue weighted by Crippen LogP contribution is 2.41. The van der Waals surface area contributed by atoms with E-state index in [1.807, 2.05) is 11.0 Å². The monoisotopic (exact) mass is 437 g/mol. The molecule has 32 heavy (non-hydrogen) atoms. The van der Waals surface area contributed by atoms with Gasteiger partial charge in [-0.2, -0.15) is 5.26 Å². The lowest BCUT2D eigenvalue weighted by Gasteiger charge is -2.43. The molecule has 0 radical (unpaired) electrons. The van der Waals surface area contributed by atoms with Crippen LogP contribution in [0.4, 0.5) is 0 Å². The van der Waals surface area contributed by atoms with Crippen LogP contribution in [0.1, 0.15) is 67.9 Å². The number of carbonyl (C=O) groups excluding carboxylic acids is 2. The summed E-state index contributed by atoms with van der Waals surface area (Å²) in [6.45, 7) is 2.58. The van der Waals surface area contributed by atoms with E-state index in [-0.39, 0.29) is 23.7 Å². The summed E-state index contributed by atoms with van der Waals surface area (Å²) < 4.78 is 5.60. The maximum Gasteiger partial charge on any atom is 0.254 e. The lowest BCUT2D eigenvalue weighted by Crippen LogP contribution is -2.59. The van der Waals surface area contributed by atoms with E-state index in [0.717, 1.165) is 43.4 Å². The largest absolute Gasteiger partial charge is 0.492 e. The quantitative estimate of drug-likeness (QED) is 0.784. The number of rotatable bonds is 3. The van der Waals surface area contributed by atoms with Crippen molar-refractivity contribution in [2.45, 2.75) is 62.4 Å². The Morgan fingerprint density at radius 2 is 1.75 bits per heavy atom. The van der Waals surface area contributed by atoms with Gasteiger partial charge in [-0.3, -0.25) is 9.59 Å². The van der Waals surface area contributed by atoms with E-state index in [4.69, 9.17) is 4.74 Å². The van der Waals surface area contributed by atoms with Crippen LogP contribution in [0.25, 0.3) is 0 Å². The molecular formula is C25H31N3O4. The SMILES string of the molecule is N#CC1COc2ccc(C3CCC(C(=O)N4CCN(C(=O)C5(O)CCC5)CC4)CC3)cc21. The lowest BCUT2D eigenvalue weighted by molar-refractivity contribution is -0.163. The molecule has 0 bridgehead atoms. The summed E-state index contributed by atoms with van der Waals surface area (Å²) in [5, 5.41) is 19.6. The van der Waals surface area contributed by atoms with Gasteiger partial charge in [0.2, 0.25) is 5.91 Å². The van der Waals surface area contributed by atoms with Crippen molar-refractivity contribution < 1.29 is 19.4 Å². The zero-order valence-corrected chi connectivity index (χ0v) is 18.5. The minimum atomic E-state index is -1.15. The maximum atomic E-state index is 13.1. The molecule has 0 aromatic heterocycles. The van der Waals surface area contributed by atoms with E-state index in [0.29, 0.717) is 51.5 Å². The van der Waals surface area contributed by atoms with Crippen molar-refractivity contribution in [3.05, 3.63) is 29.3 Å². The number of piperazine rings is 1. The van der Waals surface area contributed by atoms with Gasteiger partial charge in [-0.25, -0.2) is 0 Å². The summed E-state index contributed by atoms with van der Waals surface area (Å²) in [5.41, 5.74) is 1.10. The van der Waals surface area contributed by atoms with Gasteiger partial charge in [0, 0.05) is 37.7 Å². The van der Waals surface area contributed by atoms with E-state index in [9.17, 15) is 20.0 Å². The molecule has 1 aromatic carbocycles. The number of amides is 2. The van der Waals surface area contributed by atoms with Crippen molar-refractivity contribution in [1.29, 1.82) is 5.26 Å². The summed E-state index contributed by atoms with van der Waals surface area (Å²) in [6.07, 6.45) is 5.71. The van der Waals surface area contributed by atoms with Gasteiger partial charge in [-0.15, -0.1) is 0 Å². The first-order valence-corrected chi connectivity index (χ1v) is 12.0. The molecule has 2 aliphatic carbocycles. The molecule has 2 saturated carbocycles. The Morgan fingerprint density at radius 1 is 1.06 bits per heavy atom. The van der Waals surface area contributed by atoms with Gasteiger partial charge in [-0.1, -0.05) is 12.1 Å². The number of aliphatic hydroxyl groups is 1. The van der Waals surface area contributed by atoms with Gasteiger partial charge in [0.25, 0.3) is 5.91 Å². The van der Waals surface area contributed by atoms with E-state index in [1.54, 1.807) is 4.90 Å². The first kappa shape index (κ1) is 21.3. The fourth-order valence-corrected chi connectivity index (χ4v) is 5.68. The smallest absolute Gasteiger partial charge is 0.254 e. The van der Waals surface area contributed by atoms with E-state index >= 15 is 0 Å². The number of carbonyl (C=O) groups is 2. The highest BCUT2D eigenvalue weighted by Gasteiger charge is 2.45. The Balaban J connectivity index is 1.13. The van der Waals surface area contributed by atoms with Crippen molar-refractivity contribution in [3.8, 4) is 11.8 Å². The van der Waals surface area contributed by atoms with Crippen LogP contribution in [0.5, 0.6) is 5.75 Å². The molecule has 7 heteroatoms. The third-order valence-corrected chi connectivity index (χ3v) is 7.98. The lowest BCUT2D eigenvalue weighted by atomic mass is 9.77. The summed E-state index contributed by atoms with van der Waals surface area (Å²) >= 11 is 0. The van der Waals surface area contributed by atoms with Crippen LogP contribution in [-0.2, 0) is 9.59 Å². The minimum Gasteiger partial charge on any atom is -0.492 e. The number of benzene rings is 1. The van der Waals surface area contributed by atoms with Crippen molar-refractivity contribution >= 4 is 11.8 Å². The molecule has 1 atom stereocenters. The van der Waals surface area contributed by atoms with Gasteiger partial charge in [0.05, 0.1) is 6.07 Å². The second-order valence-corrected chi connectivity index (χ2v) is 9.84. The first-order valence-electron chi connectivity index (χ1n) is 12.0. The minimum absolute atomic E-state index is 0.0499. The second kappa shape index (κ2) is 8.40. The molecular weight excluding hydrogens is 406 g/mol. The first-order chi connectivity index (χ1) is 15.5. The normalized spacial score (nSPS) is 28.8. The Bertz CT molecular complexity index is 935. The predicted molar refractivity (Wildman–Crippen MR) is 117 cm³/mol. The number of fused-ring (bicyclic) bond motifs is 1. The zero-order chi connectivity index (χ0) is 22.3. The molecule has 5 rings (SSSR count). The molecule has 3 fully saturated rings. The Hall–Kier alpha value is -2.59. The molecule has 2 heterocycles. The second-order valence-electron chi connectivity index (χ2n) is 9.84. The molecule has 7 nitrogen and oxygen atoms in total.